The minimum Gasteiger partial charge on any atom is -0.369 e. The van der Waals surface area contributed by atoms with Gasteiger partial charge in [-0.3, -0.25) is 9.79 Å². The van der Waals surface area contributed by atoms with Gasteiger partial charge in [0.15, 0.2) is 5.96 Å². The van der Waals surface area contributed by atoms with E-state index >= 15 is 0 Å². The van der Waals surface area contributed by atoms with Gasteiger partial charge in [0.25, 0.3) is 0 Å². The lowest BCUT2D eigenvalue weighted by Gasteiger charge is -2.62. The lowest BCUT2D eigenvalue weighted by atomic mass is 9.65. The van der Waals surface area contributed by atoms with Gasteiger partial charge in [0.05, 0.1) is 5.92 Å². The molecule has 0 aliphatic carbocycles. The van der Waals surface area contributed by atoms with Crippen LogP contribution in [0.25, 0.3) is 0 Å². The average molecular weight is 348 g/mol. The maximum atomic E-state index is 13.0. The number of carbonyl (C=O) groups is 1. The Morgan fingerprint density at radius 3 is 2.36 bits per heavy atom. The molecule has 5 nitrogen and oxygen atoms in total. The summed E-state index contributed by atoms with van der Waals surface area (Å²) < 4.78 is 13.0. The highest BCUT2D eigenvalue weighted by molar-refractivity contribution is 5.83. The van der Waals surface area contributed by atoms with Crippen LogP contribution in [-0.2, 0) is 11.2 Å². The molecule has 1 unspecified atom stereocenters. The van der Waals surface area contributed by atoms with Crippen molar-refractivity contribution in [2.75, 3.05) is 20.1 Å². The van der Waals surface area contributed by atoms with E-state index in [0.717, 1.165) is 18.1 Å². The van der Waals surface area contributed by atoms with Gasteiger partial charge < -0.3 is 16.0 Å². The third kappa shape index (κ3) is 3.94. The Labute approximate surface area is 149 Å². The molecule has 1 heterocycles. The first-order valence-corrected chi connectivity index (χ1v) is 8.60. The Morgan fingerprint density at radius 2 is 1.92 bits per heavy atom. The van der Waals surface area contributed by atoms with E-state index in [-0.39, 0.29) is 28.6 Å². The maximum Gasteiger partial charge on any atom is 0.222 e. The summed E-state index contributed by atoms with van der Waals surface area (Å²) in [5.74, 6) is -0.287. The lowest BCUT2D eigenvalue weighted by molar-refractivity contribution is -0.121. The minimum absolute atomic E-state index is 0.0198. The number of nitrogens with zero attached hydrogens (tertiary/aromatic N) is 2. The molecule has 25 heavy (non-hydrogen) atoms. The van der Waals surface area contributed by atoms with E-state index in [9.17, 15) is 9.18 Å². The van der Waals surface area contributed by atoms with Gasteiger partial charge in [-0.15, -0.1) is 0 Å². The van der Waals surface area contributed by atoms with E-state index in [2.05, 4.69) is 42.9 Å². The van der Waals surface area contributed by atoms with Gasteiger partial charge >= 0.3 is 0 Å². The number of benzene rings is 1. The van der Waals surface area contributed by atoms with Crippen molar-refractivity contribution in [3.8, 4) is 0 Å². The summed E-state index contributed by atoms with van der Waals surface area (Å²) in [6.45, 7) is 10.1. The number of rotatable bonds is 5. The molecule has 1 saturated heterocycles. The van der Waals surface area contributed by atoms with Crippen molar-refractivity contribution < 1.29 is 9.18 Å². The predicted octanol–water partition coefficient (Wildman–Crippen LogP) is 2.17. The molecule has 0 bridgehead atoms. The fraction of sp³-hybridized carbons (Fsp3) is 0.579. The van der Waals surface area contributed by atoms with Crippen LogP contribution in [0.4, 0.5) is 4.39 Å². The van der Waals surface area contributed by atoms with Crippen LogP contribution in [-0.4, -0.2) is 42.4 Å². The zero-order valence-corrected chi connectivity index (χ0v) is 15.8. The first-order chi connectivity index (χ1) is 11.6. The third-order valence-electron chi connectivity index (χ3n) is 5.66. The number of nitrogens with one attached hydrogen (secondary N) is 1. The molecule has 2 rings (SSSR count). The van der Waals surface area contributed by atoms with Crippen LogP contribution in [0.15, 0.2) is 29.3 Å². The van der Waals surface area contributed by atoms with E-state index in [1.807, 2.05) is 0 Å². The SMILES string of the molecule is CN=C(NCC(Cc1ccc(F)cc1)C(N)=O)N1CC(C)(C)C1(C)C. The fourth-order valence-corrected chi connectivity index (χ4v) is 3.09. The number of halogens is 1. The number of guanidine groups is 1. The van der Waals surface area contributed by atoms with E-state index in [1.54, 1.807) is 19.2 Å². The van der Waals surface area contributed by atoms with Gasteiger partial charge in [0.2, 0.25) is 5.91 Å². The van der Waals surface area contributed by atoms with Crippen molar-refractivity contribution in [2.24, 2.45) is 22.1 Å². The van der Waals surface area contributed by atoms with Crippen LogP contribution < -0.4 is 11.1 Å². The Morgan fingerprint density at radius 1 is 1.32 bits per heavy atom. The molecule has 0 radical (unpaired) electrons. The van der Waals surface area contributed by atoms with E-state index in [4.69, 9.17) is 5.73 Å². The summed E-state index contributed by atoms with van der Waals surface area (Å²) >= 11 is 0. The lowest BCUT2D eigenvalue weighted by Crippen LogP contribution is -2.72. The number of primary amides is 1. The summed E-state index contributed by atoms with van der Waals surface area (Å²) in [5.41, 5.74) is 6.61. The van der Waals surface area contributed by atoms with Gasteiger partial charge in [-0.05, 0) is 38.0 Å². The Hall–Kier alpha value is -2.11. The van der Waals surface area contributed by atoms with Crippen LogP contribution in [0, 0.1) is 17.2 Å². The highest BCUT2D eigenvalue weighted by Gasteiger charge is 2.53. The van der Waals surface area contributed by atoms with Crippen molar-refractivity contribution in [2.45, 2.75) is 39.7 Å². The Kier molecular flexibility index (Phi) is 5.40. The van der Waals surface area contributed by atoms with Gasteiger partial charge in [-0.1, -0.05) is 26.0 Å². The fourth-order valence-electron chi connectivity index (χ4n) is 3.09. The number of hydrogen-bond acceptors (Lipinski definition) is 2. The van der Waals surface area contributed by atoms with E-state index in [0.29, 0.717) is 13.0 Å². The molecule has 1 aromatic rings. The van der Waals surface area contributed by atoms with Crippen molar-refractivity contribution in [3.05, 3.63) is 35.6 Å². The van der Waals surface area contributed by atoms with Crippen molar-refractivity contribution in [1.82, 2.24) is 10.2 Å². The summed E-state index contributed by atoms with van der Waals surface area (Å²) in [6.07, 6.45) is 0.467. The molecule has 0 aromatic heterocycles. The van der Waals surface area contributed by atoms with Crippen LogP contribution in [0.5, 0.6) is 0 Å². The topological polar surface area (TPSA) is 70.7 Å². The molecular formula is C19H29FN4O. The van der Waals surface area contributed by atoms with Crippen LogP contribution in [0.2, 0.25) is 0 Å². The van der Waals surface area contributed by atoms with Crippen LogP contribution >= 0.6 is 0 Å². The second kappa shape index (κ2) is 7.02. The Balaban J connectivity index is 2.00. The number of likely N-dealkylation sites (tertiary alicyclic amines) is 1. The van der Waals surface area contributed by atoms with Crippen molar-refractivity contribution >= 4 is 11.9 Å². The molecule has 1 aliphatic heterocycles. The minimum atomic E-state index is -0.389. The number of nitrogens with two attached hydrogens (primary N) is 1. The van der Waals surface area contributed by atoms with Crippen LogP contribution in [0.3, 0.4) is 0 Å². The molecule has 0 saturated carbocycles. The smallest absolute Gasteiger partial charge is 0.222 e. The molecular weight excluding hydrogens is 319 g/mol. The zero-order valence-electron chi connectivity index (χ0n) is 15.8. The summed E-state index contributed by atoms with van der Waals surface area (Å²) in [6, 6.07) is 6.15. The normalized spacial score (nSPS) is 19.9. The molecule has 1 aliphatic rings. The largest absolute Gasteiger partial charge is 0.369 e. The molecule has 0 spiro atoms. The van der Waals surface area contributed by atoms with Crippen molar-refractivity contribution in [1.29, 1.82) is 0 Å². The molecule has 1 fully saturated rings. The quantitative estimate of drug-likeness (QED) is 0.633. The molecule has 1 amide bonds. The molecule has 138 valence electrons. The van der Waals surface area contributed by atoms with E-state index < -0.39 is 0 Å². The standard InChI is InChI=1S/C19H29FN4O/c1-18(2)12-24(19(18,3)4)17(22-5)23-11-14(16(21)25)10-13-6-8-15(20)9-7-13/h6-9,14H,10-12H2,1-5H3,(H2,21,25)(H,22,23). The van der Waals surface area contributed by atoms with Gasteiger partial charge in [0, 0.05) is 31.1 Å². The number of aliphatic imine (C=N–C) groups is 1. The molecule has 3 N–H and O–H groups in total. The van der Waals surface area contributed by atoms with Gasteiger partial charge in [-0.2, -0.15) is 0 Å². The monoisotopic (exact) mass is 348 g/mol. The zero-order chi connectivity index (χ0) is 18.8. The van der Waals surface area contributed by atoms with Gasteiger partial charge in [-0.25, -0.2) is 4.39 Å². The molecule has 1 atom stereocenters. The highest BCUT2D eigenvalue weighted by Crippen LogP contribution is 2.46. The summed E-state index contributed by atoms with van der Waals surface area (Å²) in [4.78, 5) is 18.4. The summed E-state index contributed by atoms with van der Waals surface area (Å²) in [5, 5.41) is 3.28. The highest BCUT2D eigenvalue weighted by atomic mass is 19.1. The summed E-state index contributed by atoms with van der Waals surface area (Å²) in [7, 11) is 1.74. The second-order valence-corrected chi connectivity index (χ2v) is 7.89. The maximum absolute atomic E-state index is 13.0. The number of amides is 1. The molecule has 6 heteroatoms. The van der Waals surface area contributed by atoms with Crippen LogP contribution in [0.1, 0.15) is 33.3 Å². The first-order valence-electron chi connectivity index (χ1n) is 8.60. The van der Waals surface area contributed by atoms with E-state index in [1.165, 1.54) is 12.1 Å². The Bertz CT molecular complexity index is 652. The number of carbonyl (C=O) groups excluding carboxylic acids is 1. The second-order valence-electron chi connectivity index (χ2n) is 7.89. The molecule has 1 aromatic carbocycles. The average Bonchev–Trinajstić information content (AvgIpc) is 2.54. The van der Waals surface area contributed by atoms with Gasteiger partial charge in [0.1, 0.15) is 5.82 Å². The first kappa shape index (κ1) is 19.2. The third-order valence-corrected chi connectivity index (χ3v) is 5.66. The number of hydrogen-bond donors (Lipinski definition) is 2. The predicted molar refractivity (Wildman–Crippen MR) is 98.7 cm³/mol. The van der Waals surface area contributed by atoms with Crippen molar-refractivity contribution in [3.63, 3.8) is 0 Å².